The van der Waals surface area contributed by atoms with Crippen LogP contribution in [0.1, 0.15) is 0 Å². The van der Waals surface area contributed by atoms with E-state index in [1.54, 1.807) is 24.3 Å². The first kappa shape index (κ1) is 12.1. The lowest BCUT2D eigenvalue weighted by Crippen LogP contribution is -1.93. The number of nitrogens with one attached hydrogen (secondary N) is 1. The van der Waals surface area contributed by atoms with E-state index in [2.05, 4.69) is 5.32 Å². The molecule has 17 heavy (non-hydrogen) atoms. The standard InChI is InChI=1S/C13H12ClNOS/c1-15-11-4-8-13(9-5-11)17(16)12-6-2-10(14)3-7-12/h2-9,15H,1H3. The van der Waals surface area contributed by atoms with Crippen LogP contribution in [-0.2, 0) is 10.8 Å². The van der Waals surface area contributed by atoms with Gasteiger partial charge in [-0.3, -0.25) is 0 Å². The molecule has 1 atom stereocenters. The van der Waals surface area contributed by atoms with Crippen LogP contribution in [0.3, 0.4) is 0 Å². The molecular formula is C13H12ClNOS. The Balaban J connectivity index is 2.27. The summed E-state index contributed by atoms with van der Waals surface area (Å²) >= 11 is 5.79. The Morgan fingerprint density at radius 2 is 1.41 bits per heavy atom. The third-order valence-electron chi connectivity index (χ3n) is 2.38. The van der Waals surface area contributed by atoms with Crippen molar-refractivity contribution in [2.24, 2.45) is 0 Å². The van der Waals surface area contributed by atoms with E-state index in [-0.39, 0.29) is 0 Å². The molecule has 0 saturated carbocycles. The number of rotatable bonds is 3. The molecule has 1 unspecified atom stereocenters. The molecule has 2 aromatic carbocycles. The number of hydrogen-bond acceptors (Lipinski definition) is 2. The molecule has 0 amide bonds. The molecule has 0 aliphatic heterocycles. The minimum Gasteiger partial charge on any atom is -0.388 e. The number of anilines is 1. The fraction of sp³-hybridized carbons (Fsp3) is 0.0769. The highest BCUT2D eigenvalue weighted by molar-refractivity contribution is 7.85. The minimum atomic E-state index is -1.15. The molecule has 0 bridgehead atoms. The van der Waals surface area contributed by atoms with Crippen molar-refractivity contribution in [1.82, 2.24) is 0 Å². The summed E-state index contributed by atoms with van der Waals surface area (Å²) in [5.74, 6) is 0. The monoisotopic (exact) mass is 265 g/mol. The Hall–Kier alpha value is -1.32. The summed E-state index contributed by atoms with van der Waals surface area (Å²) in [6, 6.07) is 14.6. The molecule has 0 spiro atoms. The van der Waals surface area contributed by atoms with Crippen LogP contribution in [0.4, 0.5) is 5.69 Å². The van der Waals surface area contributed by atoms with Crippen LogP contribution in [0.2, 0.25) is 5.02 Å². The molecule has 1 N–H and O–H groups in total. The molecule has 0 aliphatic rings. The van der Waals surface area contributed by atoms with Gasteiger partial charge in [-0.1, -0.05) is 11.6 Å². The first-order chi connectivity index (χ1) is 8.20. The van der Waals surface area contributed by atoms with Gasteiger partial charge in [0.25, 0.3) is 0 Å². The van der Waals surface area contributed by atoms with E-state index in [1.165, 1.54) is 0 Å². The van der Waals surface area contributed by atoms with Crippen LogP contribution >= 0.6 is 11.6 Å². The molecule has 2 rings (SSSR count). The molecular weight excluding hydrogens is 254 g/mol. The Morgan fingerprint density at radius 3 is 1.88 bits per heavy atom. The average Bonchev–Trinajstić information content (AvgIpc) is 2.39. The van der Waals surface area contributed by atoms with Gasteiger partial charge in [0.1, 0.15) is 0 Å². The van der Waals surface area contributed by atoms with Gasteiger partial charge in [-0.05, 0) is 48.5 Å². The van der Waals surface area contributed by atoms with Gasteiger partial charge in [0.2, 0.25) is 0 Å². The SMILES string of the molecule is CNc1ccc(S(=O)c2ccc(Cl)cc2)cc1. The van der Waals surface area contributed by atoms with Gasteiger partial charge in [-0.25, -0.2) is 4.21 Å². The molecule has 88 valence electrons. The normalized spacial score (nSPS) is 12.1. The average molecular weight is 266 g/mol. The summed E-state index contributed by atoms with van der Waals surface area (Å²) in [4.78, 5) is 1.54. The topological polar surface area (TPSA) is 29.1 Å². The van der Waals surface area contributed by atoms with Crippen LogP contribution in [0, 0.1) is 0 Å². The molecule has 4 heteroatoms. The van der Waals surface area contributed by atoms with Crippen molar-refractivity contribution in [1.29, 1.82) is 0 Å². The van der Waals surface area contributed by atoms with Gasteiger partial charge in [0.15, 0.2) is 0 Å². The van der Waals surface area contributed by atoms with Crippen LogP contribution in [-0.4, -0.2) is 11.3 Å². The molecule has 2 nitrogen and oxygen atoms in total. The quantitative estimate of drug-likeness (QED) is 0.920. The Bertz CT molecular complexity index is 522. The van der Waals surface area contributed by atoms with Gasteiger partial charge in [0.05, 0.1) is 10.8 Å². The van der Waals surface area contributed by atoms with Crippen LogP contribution in [0.25, 0.3) is 0 Å². The first-order valence-corrected chi connectivity index (χ1v) is 6.68. The summed E-state index contributed by atoms with van der Waals surface area (Å²) < 4.78 is 12.2. The largest absolute Gasteiger partial charge is 0.388 e. The number of benzene rings is 2. The summed E-state index contributed by atoms with van der Waals surface area (Å²) in [6.45, 7) is 0. The summed E-state index contributed by atoms with van der Waals surface area (Å²) in [5, 5.41) is 3.67. The van der Waals surface area contributed by atoms with E-state index in [4.69, 9.17) is 11.6 Å². The lowest BCUT2D eigenvalue weighted by molar-refractivity contribution is 0.683. The fourth-order valence-corrected chi connectivity index (χ4v) is 2.60. The lowest BCUT2D eigenvalue weighted by Gasteiger charge is -2.04. The van der Waals surface area contributed by atoms with Crippen molar-refractivity contribution in [3.8, 4) is 0 Å². The van der Waals surface area contributed by atoms with E-state index < -0.39 is 10.8 Å². The van der Waals surface area contributed by atoms with E-state index in [0.717, 1.165) is 15.5 Å². The smallest absolute Gasteiger partial charge is 0.0849 e. The maximum Gasteiger partial charge on any atom is 0.0849 e. The van der Waals surface area contributed by atoms with E-state index in [0.29, 0.717) is 5.02 Å². The molecule has 0 fully saturated rings. The molecule has 0 radical (unpaired) electrons. The van der Waals surface area contributed by atoms with Crippen LogP contribution in [0.15, 0.2) is 58.3 Å². The van der Waals surface area contributed by atoms with Crippen molar-refractivity contribution < 1.29 is 4.21 Å². The predicted octanol–water partition coefficient (Wildman–Crippen LogP) is 3.55. The van der Waals surface area contributed by atoms with E-state index in [1.807, 2.05) is 31.3 Å². The molecule has 0 aromatic heterocycles. The van der Waals surface area contributed by atoms with Gasteiger partial charge >= 0.3 is 0 Å². The van der Waals surface area contributed by atoms with Gasteiger partial charge in [-0.15, -0.1) is 0 Å². The third kappa shape index (κ3) is 2.87. The number of hydrogen-bond donors (Lipinski definition) is 1. The Kier molecular flexibility index (Phi) is 3.82. The zero-order chi connectivity index (χ0) is 12.3. The highest BCUT2D eigenvalue weighted by Gasteiger charge is 2.06. The zero-order valence-electron chi connectivity index (χ0n) is 9.31. The van der Waals surface area contributed by atoms with Gasteiger partial charge in [0, 0.05) is 27.5 Å². The van der Waals surface area contributed by atoms with Crippen molar-refractivity contribution >= 4 is 28.1 Å². The maximum atomic E-state index is 12.2. The second-order valence-electron chi connectivity index (χ2n) is 3.50. The fourth-order valence-electron chi connectivity index (χ4n) is 1.44. The summed E-state index contributed by atoms with van der Waals surface area (Å²) in [5.41, 5.74) is 1.00. The minimum absolute atomic E-state index is 0.649. The second kappa shape index (κ2) is 5.34. The second-order valence-corrected chi connectivity index (χ2v) is 5.41. The van der Waals surface area contributed by atoms with Gasteiger partial charge < -0.3 is 5.32 Å². The molecule has 0 saturated heterocycles. The van der Waals surface area contributed by atoms with Crippen molar-refractivity contribution in [3.05, 3.63) is 53.6 Å². The lowest BCUT2D eigenvalue weighted by atomic mass is 10.3. The number of halogens is 1. The van der Waals surface area contributed by atoms with Crippen LogP contribution < -0.4 is 5.32 Å². The van der Waals surface area contributed by atoms with Crippen LogP contribution in [0.5, 0.6) is 0 Å². The first-order valence-electron chi connectivity index (χ1n) is 5.16. The maximum absolute atomic E-state index is 12.2. The third-order valence-corrected chi connectivity index (χ3v) is 4.04. The Labute approximate surface area is 108 Å². The highest BCUT2D eigenvalue weighted by Crippen LogP contribution is 2.20. The van der Waals surface area contributed by atoms with Crippen molar-refractivity contribution in [2.75, 3.05) is 12.4 Å². The van der Waals surface area contributed by atoms with Gasteiger partial charge in [-0.2, -0.15) is 0 Å². The van der Waals surface area contributed by atoms with E-state index in [9.17, 15) is 4.21 Å². The van der Waals surface area contributed by atoms with E-state index >= 15 is 0 Å². The highest BCUT2D eigenvalue weighted by atomic mass is 35.5. The van der Waals surface area contributed by atoms with Crippen molar-refractivity contribution in [3.63, 3.8) is 0 Å². The zero-order valence-corrected chi connectivity index (χ0v) is 10.9. The molecule has 2 aromatic rings. The summed E-state index contributed by atoms with van der Waals surface area (Å²) in [7, 11) is 0.701. The molecule has 0 heterocycles. The molecule has 0 aliphatic carbocycles. The van der Waals surface area contributed by atoms with Crippen molar-refractivity contribution in [2.45, 2.75) is 9.79 Å². The summed E-state index contributed by atoms with van der Waals surface area (Å²) in [6.07, 6.45) is 0. The predicted molar refractivity (Wildman–Crippen MR) is 72.1 cm³/mol. The Morgan fingerprint density at radius 1 is 0.941 bits per heavy atom.